The minimum atomic E-state index is -1.55. The van der Waals surface area contributed by atoms with E-state index in [1.165, 1.54) is 6.92 Å². The molecule has 240 valence electrons. The number of benzene rings is 1. The van der Waals surface area contributed by atoms with Gasteiger partial charge in [-0.1, -0.05) is 39.8 Å². The van der Waals surface area contributed by atoms with Crippen LogP contribution in [0.4, 0.5) is 0 Å². The van der Waals surface area contributed by atoms with Gasteiger partial charge in [-0.2, -0.15) is 0 Å². The molecule has 5 atom stereocenters. The van der Waals surface area contributed by atoms with E-state index in [0.29, 0.717) is 43.4 Å². The zero-order chi connectivity index (χ0) is 32.0. The normalized spacial score (nSPS) is 21.2. The van der Waals surface area contributed by atoms with Crippen molar-refractivity contribution in [3.63, 3.8) is 0 Å². The van der Waals surface area contributed by atoms with Crippen LogP contribution >= 0.6 is 0 Å². The molecule has 1 aromatic carbocycles. The lowest BCUT2D eigenvalue weighted by molar-refractivity contribution is -0.277. The molecule has 43 heavy (non-hydrogen) atoms. The third kappa shape index (κ3) is 11.6. The molecule has 0 saturated carbocycles. The second-order valence-electron chi connectivity index (χ2n) is 10.8. The first-order valence-electron chi connectivity index (χ1n) is 14.9. The van der Waals surface area contributed by atoms with Crippen LogP contribution in [0.2, 0.25) is 0 Å². The van der Waals surface area contributed by atoms with Gasteiger partial charge in [-0.25, -0.2) is 4.79 Å². The molecule has 0 amide bonds. The van der Waals surface area contributed by atoms with E-state index in [-0.39, 0.29) is 38.3 Å². The van der Waals surface area contributed by atoms with E-state index in [9.17, 15) is 24.0 Å². The Balaban J connectivity index is 2.25. The largest absolute Gasteiger partial charge is 0.456 e. The highest BCUT2D eigenvalue weighted by Crippen LogP contribution is 2.28. The molecule has 0 unspecified atom stereocenters. The maximum absolute atomic E-state index is 13.3. The van der Waals surface area contributed by atoms with Crippen molar-refractivity contribution < 1.29 is 52.4 Å². The van der Waals surface area contributed by atoms with Crippen LogP contribution in [-0.2, 0) is 54.1 Å². The summed E-state index contributed by atoms with van der Waals surface area (Å²) in [6.07, 6.45) is -2.51. The van der Waals surface area contributed by atoms with Crippen molar-refractivity contribution in [3.8, 4) is 5.75 Å². The molecule has 0 aromatic heterocycles. The van der Waals surface area contributed by atoms with Crippen LogP contribution in [0, 0.1) is 0 Å². The number of ether oxygens (including phenoxy) is 6. The molecule has 1 aromatic rings. The van der Waals surface area contributed by atoms with Gasteiger partial charge in [0, 0.05) is 32.1 Å². The van der Waals surface area contributed by atoms with Gasteiger partial charge in [-0.3, -0.25) is 19.2 Å². The fraction of sp³-hybridized carbons (Fsp3) is 0.645. The van der Waals surface area contributed by atoms with Crippen molar-refractivity contribution in [1.82, 2.24) is 0 Å². The van der Waals surface area contributed by atoms with Crippen LogP contribution in [0.25, 0.3) is 0 Å². The molecule has 0 spiro atoms. The summed E-state index contributed by atoms with van der Waals surface area (Å²) in [6, 6.07) is 6.57. The van der Waals surface area contributed by atoms with Crippen molar-refractivity contribution in [2.45, 2.75) is 123 Å². The molecule has 0 bridgehead atoms. The first-order valence-corrected chi connectivity index (χ1v) is 14.9. The van der Waals surface area contributed by atoms with E-state index >= 15 is 0 Å². The molecular weight excluding hydrogens is 562 g/mol. The van der Waals surface area contributed by atoms with Crippen molar-refractivity contribution in [2.75, 3.05) is 6.61 Å². The monoisotopic (exact) mass is 607 g/mol. The second-order valence-corrected chi connectivity index (χ2v) is 10.8. The minimum absolute atomic E-state index is 0.0471. The lowest BCUT2D eigenvalue weighted by Crippen LogP contribution is -2.60. The third-order valence-corrected chi connectivity index (χ3v) is 6.43. The number of hydrogen-bond donors (Lipinski definition) is 1. The maximum Gasteiger partial charge on any atom is 0.328 e. The molecule has 0 aliphatic carbocycles. The van der Waals surface area contributed by atoms with Crippen molar-refractivity contribution >= 4 is 29.8 Å². The predicted octanol–water partition coefficient (Wildman–Crippen LogP) is 3.69. The van der Waals surface area contributed by atoms with Gasteiger partial charge in [0.2, 0.25) is 12.4 Å². The summed E-state index contributed by atoms with van der Waals surface area (Å²) in [5.41, 5.74) is 5.48. The maximum atomic E-state index is 13.3. The number of carbonyl (C=O) groups is 5. The number of esters is 5. The van der Waals surface area contributed by atoms with E-state index in [4.69, 9.17) is 34.2 Å². The standard InChI is InChI=1S/C31H45NO11/c1-6-10-23(33)39-21-16-14-20(15-17-21)18-31(5,32)30(37)43-29-28(42-26(36)13-9-4)27(41-25(35)12-8-3)22(19-38-29)40-24(34)11-7-2/h14-17,22,27-29H,6-13,18-19,32H2,1-5H3/t22-,27+,28-,29+,31+/m1/s1. The zero-order valence-electron chi connectivity index (χ0n) is 25.8. The SMILES string of the molecule is CCCC(=O)Oc1ccc(C[C@](C)(N)C(=O)O[C@@H]2OC[C@@H](OC(=O)CCC)[C@H](OC(=O)CCC)[C@H]2OC(=O)CCC)cc1. The molecule has 1 fully saturated rings. The molecule has 0 radical (unpaired) electrons. The van der Waals surface area contributed by atoms with Gasteiger partial charge in [0.15, 0.2) is 12.2 Å². The molecule has 1 heterocycles. The fourth-order valence-corrected chi connectivity index (χ4v) is 4.27. The molecule has 2 rings (SSSR count). The molecule has 1 aliphatic heterocycles. The molecular formula is C31H45NO11. The van der Waals surface area contributed by atoms with Crippen molar-refractivity contribution in [3.05, 3.63) is 29.8 Å². The van der Waals surface area contributed by atoms with Gasteiger partial charge in [-0.05, 0) is 50.3 Å². The number of hydrogen-bond acceptors (Lipinski definition) is 12. The molecule has 12 heteroatoms. The molecule has 1 aliphatic rings. The van der Waals surface area contributed by atoms with Gasteiger partial charge in [0.1, 0.15) is 11.3 Å². The first-order chi connectivity index (χ1) is 20.4. The fourth-order valence-electron chi connectivity index (χ4n) is 4.27. The average molecular weight is 608 g/mol. The topological polar surface area (TPSA) is 167 Å². The lowest BCUT2D eigenvalue weighted by Gasteiger charge is -2.40. The van der Waals surface area contributed by atoms with Gasteiger partial charge in [0.05, 0.1) is 6.61 Å². The smallest absolute Gasteiger partial charge is 0.328 e. The van der Waals surface area contributed by atoms with E-state index in [2.05, 4.69) is 0 Å². The quantitative estimate of drug-likeness (QED) is 0.165. The zero-order valence-corrected chi connectivity index (χ0v) is 25.8. The van der Waals surface area contributed by atoms with E-state index in [0.717, 1.165) is 0 Å². The second kappa shape index (κ2) is 17.6. The molecule has 12 nitrogen and oxygen atoms in total. The Morgan fingerprint density at radius 2 is 1.23 bits per heavy atom. The highest BCUT2D eigenvalue weighted by molar-refractivity contribution is 5.81. The Labute approximate surface area is 252 Å². The van der Waals surface area contributed by atoms with Crippen LogP contribution < -0.4 is 10.5 Å². The van der Waals surface area contributed by atoms with Crippen molar-refractivity contribution in [2.24, 2.45) is 5.73 Å². The Morgan fingerprint density at radius 3 is 1.77 bits per heavy atom. The van der Waals surface area contributed by atoms with E-state index in [1.807, 2.05) is 13.8 Å². The highest BCUT2D eigenvalue weighted by Gasteiger charge is 2.50. The predicted molar refractivity (Wildman–Crippen MR) is 153 cm³/mol. The van der Waals surface area contributed by atoms with Gasteiger partial charge < -0.3 is 34.2 Å². The van der Waals surface area contributed by atoms with Crippen molar-refractivity contribution in [1.29, 1.82) is 0 Å². The average Bonchev–Trinajstić information content (AvgIpc) is 2.93. The van der Waals surface area contributed by atoms with Gasteiger partial charge >= 0.3 is 29.8 Å². The number of nitrogens with two attached hydrogens (primary N) is 1. The summed E-state index contributed by atoms with van der Waals surface area (Å²) in [6.45, 7) is 8.45. The summed E-state index contributed by atoms with van der Waals surface area (Å²) in [4.78, 5) is 62.5. The lowest BCUT2D eigenvalue weighted by atomic mass is 9.94. The Morgan fingerprint density at radius 1 is 0.744 bits per heavy atom. The van der Waals surface area contributed by atoms with E-state index < -0.39 is 54.0 Å². The van der Waals surface area contributed by atoms with Crippen LogP contribution in [0.15, 0.2) is 24.3 Å². The van der Waals surface area contributed by atoms with Crippen LogP contribution in [0.1, 0.15) is 91.5 Å². The van der Waals surface area contributed by atoms with Crippen LogP contribution in [0.3, 0.4) is 0 Å². The Hall–Kier alpha value is -3.51. The number of carbonyl (C=O) groups excluding carboxylic acids is 5. The summed E-state index contributed by atoms with van der Waals surface area (Å²) in [5, 5.41) is 0. The summed E-state index contributed by atoms with van der Waals surface area (Å²) in [5.74, 6) is -2.61. The Bertz CT molecular complexity index is 1090. The first kappa shape index (κ1) is 35.7. The van der Waals surface area contributed by atoms with Gasteiger partial charge in [0.25, 0.3) is 0 Å². The Kier molecular flexibility index (Phi) is 14.6. The summed E-state index contributed by atoms with van der Waals surface area (Å²) >= 11 is 0. The third-order valence-electron chi connectivity index (χ3n) is 6.43. The minimum Gasteiger partial charge on any atom is -0.456 e. The summed E-state index contributed by atoms with van der Waals surface area (Å²) < 4.78 is 33.4. The van der Waals surface area contributed by atoms with Crippen LogP contribution in [0.5, 0.6) is 5.75 Å². The molecule has 2 N–H and O–H groups in total. The van der Waals surface area contributed by atoms with Gasteiger partial charge in [-0.15, -0.1) is 0 Å². The number of rotatable bonds is 16. The van der Waals surface area contributed by atoms with Crippen LogP contribution in [-0.4, -0.2) is 66.6 Å². The van der Waals surface area contributed by atoms with E-state index in [1.54, 1.807) is 38.1 Å². The highest BCUT2D eigenvalue weighted by atomic mass is 16.7. The summed E-state index contributed by atoms with van der Waals surface area (Å²) in [7, 11) is 0. The molecule has 1 saturated heterocycles.